The maximum Gasteiger partial charge on any atom is 0.152 e. The quantitative estimate of drug-likeness (QED) is 0.698. The first-order valence-electron chi connectivity index (χ1n) is 7.43. The summed E-state index contributed by atoms with van der Waals surface area (Å²) in [6, 6.07) is 0. The van der Waals surface area contributed by atoms with Gasteiger partial charge in [-0.05, 0) is 32.6 Å². The number of hydrogen-bond donors (Lipinski definition) is 1. The third kappa shape index (κ3) is 4.72. The lowest BCUT2D eigenvalue weighted by molar-refractivity contribution is -0.130. The molecular formula is C16H31NO2. The lowest BCUT2D eigenvalue weighted by Gasteiger charge is -2.33. The van der Waals surface area contributed by atoms with Gasteiger partial charge in [-0.1, -0.05) is 34.6 Å². The molecule has 0 aromatic rings. The van der Waals surface area contributed by atoms with Crippen LogP contribution < -0.4 is 5.32 Å². The number of ketones is 2. The van der Waals surface area contributed by atoms with E-state index < -0.39 is 5.54 Å². The number of carbonyl (C=O) groups excluding carboxylic acids is 2. The molecule has 0 amide bonds. The Labute approximate surface area is 118 Å². The zero-order valence-corrected chi connectivity index (χ0v) is 13.7. The van der Waals surface area contributed by atoms with Crippen molar-refractivity contribution >= 4 is 11.6 Å². The highest BCUT2D eigenvalue weighted by molar-refractivity contribution is 5.90. The molecule has 0 saturated heterocycles. The van der Waals surface area contributed by atoms with Crippen molar-refractivity contribution in [3.63, 3.8) is 0 Å². The fourth-order valence-electron chi connectivity index (χ4n) is 2.07. The number of hydrogen-bond acceptors (Lipinski definition) is 3. The second kappa shape index (κ2) is 7.18. The highest BCUT2D eigenvalue weighted by atomic mass is 16.1. The molecule has 0 aromatic carbocycles. The van der Waals surface area contributed by atoms with E-state index in [2.05, 4.69) is 19.2 Å². The monoisotopic (exact) mass is 269 g/mol. The van der Waals surface area contributed by atoms with Crippen LogP contribution in [0.25, 0.3) is 0 Å². The predicted molar refractivity (Wildman–Crippen MR) is 80.2 cm³/mol. The second-order valence-electron chi connectivity index (χ2n) is 6.50. The zero-order valence-electron chi connectivity index (χ0n) is 13.7. The van der Waals surface area contributed by atoms with Crippen molar-refractivity contribution in [2.75, 3.05) is 6.54 Å². The summed E-state index contributed by atoms with van der Waals surface area (Å²) in [6.07, 6.45) is 2.23. The largest absolute Gasteiger partial charge is 0.298 e. The van der Waals surface area contributed by atoms with Gasteiger partial charge in [-0.3, -0.25) is 14.9 Å². The van der Waals surface area contributed by atoms with Crippen LogP contribution in [-0.2, 0) is 9.59 Å². The third-order valence-electron chi connectivity index (χ3n) is 4.51. The molecule has 0 radical (unpaired) electrons. The van der Waals surface area contributed by atoms with Gasteiger partial charge in [0, 0.05) is 11.8 Å². The van der Waals surface area contributed by atoms with Gasteiger partial charge in [0.05, 0.1) is 12.1 Å². The van der Waals surface area contributed by atoms with E-state index in [4.69, 9.17) is 0 Å². The Hall–Kier alpha value is -0.700. The molecule has 3 heteroatoms. The first-order valence-corrected chi connectivity index (χ1v) is 7.43. The topological polar surface area (TPSA) is 46.2 Å². The van der Waals surface area contributed by atoms with Crippen molar-refractivity contribution in [2.24, 2.45) is 11.3 Å². The first-order chi connectivity index (χ1) is 8.61. The minimum absolute atomic E-state index is 0.172. The van der Waals surface area contributed by atoms with Gasteiger partial charge < -0.3 is 0 Å². The van der Waals surface area contributed by atoms with Crippen molar-refractivity contribution < 1.29 is 9.59 Å². The Kier molecular flexibility index (Phi) is 6.92. The number of Topliss-reactive ketones (excluding diaryl/α,β-unsaturated/α-hetero) is 2. The summed E-state index contributed by atoms with van der Waals surface area (Å²) in [5, 5.41) is 3.14. The summed E-state index contributed by atoms with van der Waals surface area (Å²) in [7, 11) is 0. The normalized spacial score (nSPS) is 15.4. The van der Waals surface area contributed by atoms with E-state index in [9.17, 15) is 9.59 Å². The van der Waals surface area contributed by atoms with E-state index in [1.165, 1.54) is 0 Å². The third-order valence-corrected chi connectivity index (χ3v) is 4.51. The summed E-state index contributed by atoms with van der Waals surface area (Å²) in [6.45, 7) is 14.2. The molecule has 0 aliphatic carbocycles. The van der Waals surface area contributed by atoms with E-state index in [1.54, 1.807) is 0 Å². The lowest BCUT2D eigenvalue weighted by atomic mass is 9.73. The molecule has 1 N–H and O–H groups in total. The highest BCUT2D eigenvalue weighted by Gasteiger charge is 2.35. The van der Waals surface area contributed by atoms with E-state index >= 15 is 0 Å². The van der Waals surface area contributed by atoms with Crippen LogP contribution in [0.15, 0.2) is 0 Å². The predicted octanol–water partition coefficient (Wildman–Crippen LogP) is 3.37. The Bertz CT molecular complexity index is 321. The molecule has 1 atom stereocenters. The van der Waals surface area contributed by atoms with Crippen molar-refractivity contribution in [1.82, 2.24) is 5.32 Å². The fourth-order valence-corrected chi connectivity index (χ4v) is 2.07. The molecule has 0 rings (SSSR count). The average Bonchev–Trinajstić information content (AvgIpc) is 2.34. The van der Waals surface area contributed by atoms with E-state index in [0.717, 1.165) is 12.8 Å². The minimum Gasteiger partial charge on any atom is -0.298 e. The molecule has 1 unspecified atom stereocenters. The Morgan fingerprint density at radius 2 is 1.58 bits per heavy atom. The van der Waals surface area contributed by atoms with Crippen molar-refractivity contribution in [2.45, 2.75) is 73.3 Å². The van der Waals surface area contributed by atoms with Crippen LogP contribution in [0.3, 0.4) is 0 Å². The number of nitrogens with one attached hydrogen (secondary N) is 1. The van der Waals surface area contributed by atoms with Gasteiger partial charge in [-0.25, -0.2) is 0 Å². The summed E-state index contributed by atoms with van der Waals surface area (Å²) < 4.78 is 0. The van der Waals surface area contributed by atoms with Crippen LogP contribution in [0.5, 0.6) is 0 Å². The summed E-state index contributed by atoms with van der Waals surface area (Å²) in [5.41, 5.74) is -0.922. The van der Waals surface area contributed by atoms with Gasteiger partial charge in [0.25, 0.3) is 0 Å². The molecule has 0 aliphatic heterocycles. The molecule has 0 spiro atoms. The van der Waals surface area contributed by atoms with Crippen LogP contribution in [0.4, 0.5) is 0 Å². The van der Waals surface area contributed by atoms with Crippen LogP contribution in [0, 0.1) is 11.3 Å². The molecule has 0 aliphatic rings. The van der Waals surface area contributed by atoms with Gasteiger partial charge in [-0.2, -0.15) is 0 Å². The van der Waals surface area contributed by atoms with E-state index in [1.807, 2.05) is 34.6 Å². The lowest BCUT2D eigenvalue weighted by Crippen LogP contribution is -2.51. The maximum absolute atomic E-state index is 12.4. The molecule has 3 nitrogen and oxygen atoms in total. The van der Waals surface area contributed by atoms with Crippen LogP contribution in [0.2, 0.25) is 0 Å². The summed E-state index contributed by atoms with van der Waals surface area (Å²) >= 11 is 0. The highest BCUT2D eigenvalue weighted by Crippen LogP contribution is 2.31. The molecule has 0 heterocycles. The van der Waals surface area contributed by atoms with Gasteiger partial charge in [-0.15, -0.1) is 0 Å². The second-order valence-corrected chi connectivity index (χ2v) is 6.50. The molecular weight excluding hydrogens is 238 g/mol. The Morgan fingerprint density at radius 3 is 1.95 bits per heavy atom. The molecule has 0 saturated carbocycles. The van der Waals surface area contributed by atoms with Crippen LogP contribution in [0.1, 0.15) is 67.7 Å². The van der Waals surface area contributed by atoms with Crippen molar-refractivity contribution in [3.05, 3.63) is 0 Å². The van der Waals surface area contributed by atoms with Crippen LogP contribution >= 0.6 is 0 Å². The number of carbonyl (C=O) groups is 2. The molecule has 19 heavy (non-hydrogen) atoms. The molecule has 0 aromatic heterocycles. The van der Waals surface area contributed by atoms with Crippen molar-refractivity contribution in [3.8, 4) is 0 Å². The van der Waals surface area contributed by atoms with Gasteiger partial charge in [0.2, 0.25) is 0 Å². The summed E-state index contributed by atoms with van der Waals surface area (Å²) in [5.74, 6) is 0.675. The maximum atomic E-state index is 12.4. The zero-order chi connectivity index (χ0) is 15.3. The average molecular weight is 269 g/mol. The number of rotatable bonds is 9. The standard InChI is InChI=1S/C16H31NO2/c1-8-10-13(18)15(5,6)17-11-14(19)16(7,9-2)12(3)4/h12,17H,8-11H2,1-7H3. The summed E-state index contributed by atoms with van der Waals surface area (Å²) in [4.78, 5) is 24.3. The fraction of sp³-hybridized carbons (Fsp3) is 0.875. The Morgan fingerprint density at radius 1 is 1.05 bits per heavy atom. The Balaban J connectivity index is 4.64. The van der Waals surface area contributed by atoms with E-state index in [0.29, 0.717) is 12.3 Å². The van der Waals surface area contributed by atoms with Gasteiger partial charge in [0.1, 0.15) is 0 Å². The first kappa shape index (κ1) is 18.3. The van der Waals surface area contributed by atoms with Gasteiger partial charge in [0.15, 0.2) is 11.6 Å². The van der Waals surface area contributed by atoms with E-state index in [-0.39, 0.29) is 23.5 Å². The molecule has 0 fully saturated rings. The minimum atomic E-state index is -0.614. The van der Waals surface area contributed by atoms with Crippen LogP contribution in [-0.4, -0.2) is 23.7 Å². The molecule has 112 valence electrons. The SMILES string of the molecule is CCCC(=O)C(C)(C)NCC(=O)C(C)(CC)C(C)C. The van der Waals surface area contributed by atoms with Crippen molar-refractivity contribution in [1.29, 1.82) is 0 Å². The van der Waals surface area contributed by atoms with Gasteiger partial charge >= 0.3 is 0 Å². The smallest absolute Gasteiger partial charge is 0.152 e. The molecule has 0 bridgehead atoms.